The van der Waals surface area contributed by atoms with Gasteiger partial charge in [0.15, 0.2) is 0 Å². The molecule has 0 unspecified atom stereocenters. The van der Waals surface area contributed by atoms with Crippen molar-refractivity contribution in [3.05, 3.63) is 0 Å². The molecule has 2 N–H and O–H groups in total. The van der Waals surface area contributed by atoms with Gasteiger partial charge in [-0.1, -0.05) is 37.3 Å². The molecule has 0 atom stereocenters. The molecule has 0 heterocycles. The Balaban J connectivity index is 4.05. The van der Waals surface area contributed by atoms with Crippen molar-refractivity contribution in [2.75, 3.05) is 18.9 Å². The summed E-state index contributed by atoms with van der Waals surface area (Å²) in [6.07, 6.45) is 2.29. The summed E-state index contributed by atoms with van der Waals surface area (Å²) in [6.45, 7) is 6.08. The number of hydrogen-bond acceptors (Lipinski definition) is 5. The maximum absolute atomic E-state index is 11.8. The number of hydrogen-bond donors (Lipinski definition) is 2. The van der Waals surface area contributed by atoms with E-state index in [1.807, 2.05) is 13.8 Å². The molecule has 6 heteroatoms. The van der Waals surface area contributed by atoms with Gasteiger partial charge in [0.2, 0.25) is 5.91 Å². The van der Waals surface area contributed by atoms with Gasteiger partial charge < -0.3 is 10.4 Å². The third kappa shape index (κ3) is 8.02. The molecule has 0 bridgehead atoms. The molecule has 0 aromatic rings. The molecule has 0 aliphatic rings. The van der Waals surface area contributed by atoms with Gasteiger partial charge in [0.25, 0.3) is 0 Å². The highest BCUT2D eigenvalue weighted by molar-refractivity contribution is 8.47. The van der Waals surface area contributed by atoms with Crippen LogP contribution in [0.4, 0.5) is 0 Å². The molecule has 0 saturated carbocycles. The van der Waals surface area contributed by atoms with Gasteiger partial charge in [-0.2, -0.15) is 0 Å². The lowest BCUT2D eigenvalue weighted by molar-refractivity contribution is -0.122. The predicted octanol–water partition coefficient (Wildman–Crippen LogP) is 2.42. The molecule has 100 valence electrons. The normalized spacial score (nSPS) is 11.3. The molecule has 3 nitrogen and oxygen atoms in total. The first kappa shape index (κ1) is 17.2. The molecule has 0 aromatic heterocycles. The molecule has 0 aliphatic heterocycles. The van der Waals surface area contributed by atoms with E-state index in [1.165, 1.54) is 11.8 Å². The van der Waals surface area contributed by atoms with Crippen molar-refractivity contribution in [1.82, 2.24) is 5.32 Å². The summed E-state index contributed by atoms with van der Waals surface area (Å²) in [6, 6.07) is 0. The van der Waals surface area contributed by atoms with Crippen LogP contribution in [-0.4, -0.2) is 38.2 Å². The standard InChI is InChI=1S/C11H21NO2S3/c1-4-5-8-16-10(15)17-11(2,3)9(14)12-6-7-13/h13H,4-8H2,1-3H3,(H,12,14). The zero-order chi connectivity index (χ0) is 13.3. The number of unbranched alkanes of at least 4 members (excludes halogenated alkanes) is 1. The highest BCUT2D eigenvalue weighted by Gasteiger charge is 2.29. The second-order valence-corrected chi connectivity index (χ2v) is 7.97. The predicted molar refractivity (Wildman–Crippen MR) is 81.7 cm³/mol. The number of aliphatic hydroxyl groups is 1. The van der Waals surface area contributed by atoms with Gasteiger partial charge >= 0.3 is 0 Å². The van der Waals surface area contributed by atoms with E-state index in [0.29, 0.717) is 6.54 Å². The second kappa shape index (κ2) is 9.19. The van der Waals surface area contributed by atoms with Crippen LogP contribution in [0.3, 0.4) is 0 Å². The number of carbonyl (C=O) groups is 1. The van der Waals surface area contributed by atoms with Crippen LogP contribution in [0, 0.1) is 0 Å². The van der Waals surface area contributed by atoms with Crippen LogP contribution >= 0.6 is 35.7 Å². The van der Waals surface area contributed by atoms with Gasteiger partial charge in [0.05, 0.1) is 11.4 Å². The SMILES string of the molecule is CCCCSC(=S)SC(C)(C)C(=O)NCCO. The van der Waals surface area contributed by atoms with Gasteiger partial charge in [0, 0.05) is 6.54 Å². The highest BCUT2D eigenvalue weighted by Crippen LogP contribution is 2.31. The average molecular weight is 295 g/mol. The van der Waals surface area contributed by atoms with Crippen LogP contribution in [0.25, 0.3) is 0 Å². The Hall–Kier alpha value is 0.220. The number of thiocarbonyl (C=S) groups is 1. The third-order valence-corrected chi connectivity index (χ3v) is 4.80. The molecule has 0 rings (SSSR count). The zero-order valence-corrected chi connectivity index (χ0v) is 13.1. The Morgan fingerprint density at radius 2 is 2.12 bits per heavy atom. The number of rotatable bonds is 7. The summed E-state index contributed by atoms with van der Waals surface area (Å²) >= 11 is 8.29. The van der Waals surface area contributed by atoms with E-state index in [-0.39, 0.29) is 12.5 Å². The first-order valence-corrected chi connectivity index (χ1v) is 7.90. The molecule has 1 amide bonds. The first-order chi connectivity index (χ1) is 7.94. The van der Waals surface area contributed by atoms with E-state index in [1.54, 1.807) is 11.8 Å². The number of nitrogens with one attached hydrogen (secondary N) is 1. The fraction of sp³-hybridized carbons (Fsp3) is 0.818. The van der Waals surface area contributed by atoms with E-state index in [4.69, 9.17) is 17.3 Å². The lowest BCUT2D eigenvalue weighted by Gasteiger charge is -2.22. The van der Waals surface area contributed by atoms with Crippen LogP contribution in [0.15, 0.2) is 0 Å². The van der Waals surface area contributed by atoms with Crippen molar-refractivity contribution in [3.63, 3.8) is 0 Å². The minimum atomic E-state index is -0.578. The van der Waals surface area contributed by atoms with Crippen LogP contribution in [0.2, 0.25) is 0 Å². The van der Waals surface area contributed by atoms with E-state index in [9.17, 15) is 4.79 Å². The van der Waals surface area contributed by atoms with Crippen molar-refractivity contribution in [2.45, 2.75) is 38.4 Å². The van der Waals surface area contributed by atoms with Gasteiger partial charge in [-0.05, 0) is 26.0 Å². The second-order valence-electron chi connectivity index (χ2n) is 4.04. The Bertz CT molecular complexity index is 257. The molecule has 17 heavy (non-hydrogen) atoms. The van der Waals surface area contributed by atoms with Gasteiger partial charge in [-0.15, -0.1) is 11.8 Å². The molecule has 0 aliphatic carbocycles. The number of thioether (sulfide) groups is 2. The molecule has 0 aromatic carbocycles. The Morgan fingerprint density at radius 1 is 1.47 bits per heavy atom. The number of amides is 1. The van der Waals surface area contributed by atoms with Crippen molar-refractivity contribution in [2.24, 2.45) is 0 Å². The fourth-order valence-corrected chi connectivity index (χ4v) is 4.13. The molecule has 0 radical (unpaired) electrons. The molecule has 0 fully saturated rings. The summed E-state index contributed by atoms with van der Waals surface area (Å²) in [5, 5.41) is 11.3. The van der Waals surface area contributed by atoms with Crippen molar-refractivity contribution < 1.29 is 9.90 Å². The van der Waals surface area contributed by atoms with Gasteiger partial charge in [-0.3, -0.25) is 4.79 Å². The summed E-state index contributed by atoms with van der Waals surface area (Å²) in [4.78, 5) is 11.8. The Labute approximate surface area is 117 Å². The third-order valence-electron chi connectivity index (χ3n) is 2.00. The average Bonchev–Trinajstić information content (AvgIpc) is 2.25. The van der Waals surface area contributed by atoms with Crippen LogP contribution < -0.4 is 5.32 Å². The lowest BCUT2D eigenvalue weighted by Crippen LogP contribution is -2.41. The summed E-state index contributed by atoms with van der Waals surface area (Å²) in [5.41, 5.74) is 0. The summed E-state index contributed by atoms with van der Waals surface area (Å²) in [7, 11) is 0. The van der Waals surface area contributed by atoms with Gasteiger partial charge in [0.1, 0.15) is 3.53 Å². The van der Waals surface area contributed by atoms with E-state index in [0.717, 1.165) is 22.1 Å². The maximum Gasteiger partial charge on any atom is 0.236 e. The summed E-state index contributed by atoms with van der Waals surface area (Å²) < 4.78 is 0.230. The van der Waals surface area contributed by atoms with Crippen molar-refractivity contribution >= 4 is 45.2 Å². The lowest BCUT2D eigenvalue weighted by atomic mass is 10.2. The first-order valence-electron chi connectivity index (χ1n) is 5.69. The van der Waals surface area contributed by atoms with E-state index in [2.05, 4.69) is 12.2 Å². The Morgan fingerprint density at radius 3 is 2.65 bits per heavy atom. The monoisotopic (exact) mass is 295 g/mol. The molecular formula is C11H21NO2S3. The minimum absolute atomic E-state index is 0.0395. The smallest absolute Gasteiger partial charge is 0.236 e. The molecule has 0 saturated heterocycles. The minimum Gasteiger partial charge on any atom is -0.395 e. The van der Waals surface area contributed by atoms with Crippen molar-refractivity contribution in [1.29, 1.82) is 0 Å². The molecular weight excluding hydrogens is 274 g/mol. The maximum atomic E-state index is 11.8. The largest absolute Gasteiger partial charge is 0.395 e. The van der Waals surface area contributed by atoms with Crippen LogP contribution in [0.5, 0.6) is 0 Å². The van der Waals surface area contributed by atoms with Crippen molar-refractivity contribution in [3.8, 4) is 0 Å². The molecule has 0 spiro atoms. The number of carbonyl (C=O) groups excluding carboxylic acids is 1. The summed E-state index contributed by atoms with van der Waals surface area (Å²) in [5.74, 6) is 0.923. The highest BCUT2D eigenvalue weighted by atomic mass is 32.2. The van der Waals surface area contributed by atoms with E-state index >= 15 is 0 Å². The van der Waals surface area contributed by atoms with Gasteiger partial charge in [-0.25, -0.2) is 0 Å². The number of aliphatic hydroxyl groups excluding tert-OH is 1. The van der Waals surface area contributed by atoms with Crippen LogP contribution in [-0.2, 0) is 4.79 Å². The van der Waals surface area contributed by atoms with Crippen LogP contribution in [0.1, 0.15) is 33.6 Å². The fourth-order valence-electron chi connectivity index (χ4n) is 0.966. The Kier molecular flexibility index (Phi) is 9.31. The topological polar surface area (TPSA) is 49.3 Å². The quantitative estimate of drug-likeness (QED) is 0.558. The zero-order valence-electron chi connectivity index (χ0n) is 10.6. The van der Waals surface area contributed by atoms with E-state index < -0.39 is 4.75 Å².